The Morgan fingerprint density at radius 2 is 2.00 bits per heavy atom. The average Bonchev–Trinajstić information content (AvgIpc) is 2.43. The van der Waals surface area contributed by atoms with Crippen LogP contribution in [0.3, 0.4) is 0 Å². The first-order chi connectivity index (χ1) is 9.71. The molecule has 21 heavy (non-hydrogen) atoms. The number of alkyl halides is 3. The molecule has 0 radical (unpaired) electrons. The van der Waals surface area contributed by atoms with Crippen LogP contribution >= 0.6 is 0 Å². The summed E-state index contributed by atoms with van der Waals surface area (Å²) in [5, 5.41) is 9.85. The molecule has 1 atom stereocenters. The molecule has 0 aliphatic rings. The van der Waals surface area contributed by atoms with E-state index in [1.54, 1.807) is 0 Å². The molecule has 0 saturated carbocycles. The Balaban J connectivity index is 2.55. The fourth-order valence-electron chi connectivity index (χ4n) is 1.97. The first-order valence-electron chi connectivity index (χ1n) is 6.13. The Labute approximate surface area is 118 Å². The zero-order chi connectivity index (χ0) is 15.8. The van der Waals surface area contributed by atoms with Crippen LogP contribution in [-0.2, 0) is 11.0 Å². The molecule has 112 valence electrons. The number of halogens is 3. The standard InChI is InChI=1S/C14H13F3N2O2/c1-8(13(20)21)19(2)12-11-4-3-10(14(15,16)17)7-9(11)5-6-18-12/h3-8H,1-2H3,(H,20,21). The maximum Gasteiger partial charge on any atom is 0.416 e. The van der Waals surface area contributed by atoms with Crippen LogP contribution in [-0.4, -0.2) is 29.1 Å². The molecule has 1 unspecified atom stereocenters. The third kappa shape index (κ3) is 2.91. The predicted molar refractivity (Wildman–Crippen MR) is 72.2 cm³/mol. The van der Waals surface area contributed by atoms with Gasteiger partial charge in [0.1, 0.15) is 11.9 Å². The van der Waals surface area contributed by atoms with Gasteiger partial charge >= 0.3 is 12.1 Å². The van der Waals surface area contributed by atoms with E-state index in [0.29, 0.717) is 16.6 Å². The van der Waals surface area contributed by atoms with Gasteiger partial charge in [0, 0.05) is 18.6 Å². The number of anilines is 1. The Kier molecular flexibility index (Phi) is 3.76. The fourth-order valence-corrected chi connectivity index (χ4v) is 1.97. The lowest BCUT2D eigenvalue weighted by Gasteiger charge is -2.24. The van der Waals surface area contributed by atoms with Crippen molar-refractivity contribution < 1.29 is 23.1 Å². The molecule has 7 heteroatoms. The van der Waals surface area contributed by atoms with E-state index in [0.717, 1.165) is 12.1 Å². The first-order valence-corrected chi connectivity index (χ1v) is 6.13. The minimum Gasteiger partial charge on any atom is -0.480 e. The predicted octanol–water partition coefficient (Wildman–Crippen LogP) is 3.16. The van der Waals surface area contributed by atoms with Gasteiger partial charge in [0.15, 0.2) is 0 Å². The van der Waals surface area contributed by atoms with Crippen molar-refractivity contribution in [3.8, 4) is 0 Å². The number of nitrogens with zero attached hydrogens (tertiary/aromatic N) is 2. The van der Waals surface area contributed by atoms with E-state index in [-0.39, 0.29) is 0 Å². The lowest BCUT2D eigenvalue weighted by Crippen LogP contribution is -2.36. The topological polar surface area (TPSA) is 53.4 Å². The normalized spacial score (nSPS) is 13.2. The summed E-state index contributed by atoms with van der Waals surface area (Å²) in [6.07, 6.45) is -3.05. The lowest BCUT2D eigenvalue weighted by molar-refractivity contribution is -0.138. The van der Waals surface area contributed by atoms with Gasteiger partial charge in [0.05, 0.1) is 5.56 Å². The number of aliphatic carboxylic acids is 1. The average molecular weight is 298 g/mol. The monoisotopic (exact) mass is 298 g/mol. The molecule has 1 N–H and O–H groups in total. The summed E-state index contributed by atoms with van der Waals surface area (Å²) in [6.45, 7) is 1.48. The third-order valence-corrected chi connectivity index (χ3v) is 3.34. The van der Waals surface area contributed by atoms with Gasteiger partial charge in [0.25, 0.3) is 0 Å². The van der Waals surface area contributed by atoms with E-state index < -0.39 is 23.8 Å². The van der Waals surface area contributed by atoms with Gasteiger partial charge in [-0.2, -0.15) is 13.2 Å². The smallest absolute Gasteiger partial charge is 0.416 e. The van der Waals surface area contributed by atoms with Crippen molar-refractivity contribution in [1.82, 2.24) is 4.98 Å². The molecule has 0 aliphatic carbocycles. The molecule has 4 nitrogen and oxygen atoms in total. The number of aromatic nitrogens is 1. The molecule has 1 aromatic carbocycles. The number of benzene rings is 1. The molecular formula is C14H13F3N2O2. The number of carboxylic acid groups (broad SMARTS) is 1. The van der Waals surface area contributed by atoms with Gasteiger partial charge < -0.3 is 10.0 Å². The molecular weight excluding hydrogens is 285 g/mol. The highest BCUT2D eigenvalue weighted by Gasteiger charge is 2.30. The highest BCUT2D eigenvalue weighted by atomic mass is 19.4. The Bertz CT molecular complexity index is 685. The summed E-state index contributed by atoms with van der Waals surface area (Å²) >= 11 is 0. The van der Waals surface area contributed by atoms with Crippen LogP contribution in [0.4, 0.5) is 19.0 Å². The summed E-state index contributed by atoms with van der Waals surface area (Å²) in [4.78, 5) is 16.5. The zero-order valence-electron chi connectivity index (χ0n) is 11.3. The Hall–Kier alpha value is -2.31. The minimum atomic E-state index is -4.42. The van der Waals surface area contributed by atoms with E-state index in [1.165, 1.54) is 37.2 Å². The Morgan fingerprint density at radius 1 is 1.33 bits per heavy atom. The Morgan fingerprint density at radius 3 is 2.57 bits per heavy atom. The second-order valence-electron chi connectivity index (χ2n) is 4.69. The van der Waals surface area contributed by atoms with Crippen LogP contribution in [0.25, 0.3) is 10.8 Å². The van der Waals surface area contributed by atoms with Crippen molar-refractivity contribution in [1.29, 1.82) is 0 Å². The maximum absolute atomic E-state index is 12.7. The number of hydrogen-bond donors (Lipinski definition) is 1. The SMILES string of the molecule is CC(C(=O)O)N(C)c1nccc2cc(C(F)(F)F)ccc12. The number of carbonyl (C=O) groups is 1. The third-order valence-electron chi connectivity index (χ3n) is 3.34. The molecule has 0 fully saturated rings. The van der Waals surface area contributed by atoms with Gasteiger partial charge in [-0.15, -0.1) is 0 Å². The van der Waals surface area contributed by atoms with Crippen molar-refractivity contribution in [3.63, 3.8) is 0 Å². The van der Waals surface area contributed by atoms with Crippen molar-refractivity contribution in [3.05, 3.63) is 36.0 Å². The van der Waals surface area contributed by atoms with Gasteiger partial charge in [-0.1, -0.05) is 6.07 Å². The summed E-state index contributed by atoms with van der Waals surface area (Å²) in [6, 6.07) is 3.93. The molecule has 0 bridgehead atoms. The lowest BCUT2D eigenvalue weighted by atomic mass is 10.1. The van der Waals surface area contributed by atoms with Crippen LogP contribution in [0.15, 0.2) is 30.5 Å². The maximum atomic E-state index is 12.7. The van der Waals surface area contributed by atoms with Gasteiger partial charge in [-0.25, -0.2) is 9.78 Å². The highest BCUT2D eigenvalue weighted by molar-refractivity contribution is 5.94. The van der Waals surface area contributed by atoms with Gasteiger partial charge in [0.2, 0.25) is 0 Å². The van der Waals surface area contributed by atoms with Crippen molar-refractivity contribution in [2.75, 3.05) is 11.9 Å². The number of fused-ring (bicyclic) bond motifs is 1. The molecule has 0 aliphatic heterocycles. The van der Waals surface area contributed by atoms with Crippen LogP contribution < -0.4 is 4.90 Å². The first kappa shape index (κ1) is 15.1. The van der Waals surface area contributed by atoms with E-state index in [1.807, 2.05) is 0 Å². The van der Waals surface area contributed by atoms with E-state index >= 15 is 0 Å². The number of hydrogen-bond acceptors (Lipinski definition) is 3. The van der Waals surface area contributed by atoms with E-state index in [2.05, 4.69) is 4.98 Å². The highest BCUT2D eigenvalue weighted by Crippen LogP contribution is 2.33. The number of pyridine rings is 1. The van der Waals surface area contributed by atoms with Crippen LogP contribution in [0, 0.1) is 0 Å². The molecule has 0 saturated heterocycles. The molecule has 1 aromatic heterocycles. The van der Waals surface area contributed by atoms with Crippen LogP contribution in [0.2, 0.25) is 0 Å². The molecule has 1 heterocycles. The quantitative estimate of drug-likeness (QED) is 0.945. The number of rotatable bonds is 3. The second-order valence-corrected chi connectivity index (χ2v) is 4.69. The van der Waals surface area contributed by atoms with Gasteiger partial charge in [-0.3, -0.25) is 0 Å². The van der Waals surface area contributed by atoms with Crippen molar-refractivity contribution in [2.24, 2.45) is 0 Å². The zero-order valence-corrected chi connectivity index (χ0v) is 11.3. The van der Waals surface area contributed by atoms with Gasteiger partial charge in [-0.05, 0) is 30.5 Å². The summed E-state index contributed by atoms with van der Waals surface area (Å²) in [5.74, 6) is -0.709. The number of likely N-dealkylation sites (N-methyl/N-ethyl adjacent to an activating group) is 1. The largest absolute Gasteiger partial charge is 0.480 e. The summed E-state index contributed by atoms with van der Waals surface area (Å²) < 4.78 is 38.1. The number of carboxylic acids is 1. The van der Waals surface area contributed by atoms with Crippen molar-refractivity contribution >= 4 is 22.6 Å². The van der Waals surface area contributed by atoms with Crippen molar-refractivity contribution in [2.45, 2.75) is 19.1 Å². The molecule has 0 amide bonds. The second kappa shape index (κ2) is 5.23. The summed E-state index contributed by atoms with van der Waals surface area (Å²) in [5.41, 5.74) is -0.749. The fraction of sp³-hybridized carbons (Fsp3) is 0.286. The van der Waals surface area contributed by atoms with E-state index in [9.17, 15) is 18.0 Å². The molecule has 2 aromatic rings. The molecule has 0 spiro atoms. The minimum absolute atomic E-state index is 0.330. The van der Waals surface area contributed by atoms with Crippen LogP contribution in [0.5, 0.6) is 0 Å². The van der Waals surface area contributed by atoms with Crippen LogP contribution in [0.1, 0.15) is 12.5 Å². The molecule has 2 rings (SSSR count). The summed E-state index contributed by atoms with van der Waals surface area (Å²) in [7, 11) is 1.54. The van der Waals surface area contributed by atoms with E-state index in [4.69, 9.17) is 5.11 Å².